The molecule has 0 saturated heterocycles. The van der Waals surface area contributed by atoms with Crippen molar-refractivity contribution in [2.45, 2.75) is 17.7 Å². The SMILES string of the molecule is ClC(Cl)CCc1ccccc1. The van der Waals surface area contributed by atoms with Crippen LogP contribution in [0.3, 0.4) is 0 Å². The molecule has 0 spiro atoms. The molecule has 0 saturated carbocycles. The Labute approximate surface area is 77.1 Å². The fraction of sp³-hybridized carbons (Fsp3) is 0.333. The Balaban J connectivity index is 2.39. The molecule has 0 aliphatic rings. The molecule has 0 heterocycles. The maximum atomic E-state index is 5.59. The van der Waals surface area contributed by atoms with Gasteiger partial charge in [-0.25, -0.2) is 0 Å². The Morgan fingerprint density at radius 2 is 1.73 bits per heavy atom. The Hall–Kier alpha value is -0.200. The predicted molar refractivity (Wildman–Crippen MR) is 50.3 cm³/mol. The van der Waals surface area contributed by atoms with E-state index in [1.165, 1.54) is 5.56 Å². The van der Waals surface area contributed by atoms with E-state index < -0.39 is 0 Å². The number of rotatable bonds is 3. The van der Waals surface area contributed by atoms with Gasteiger partial charge >= 0.3 is 0 Å². The summed E-state index contributed by atoms with van der Waals surface area (Å²) in [6.07, 6.45) is 1.78. The van der Waals surface area contributed by atoms with Crippen LogP contribution in [0.1, 0.15) is 12.0 Å². The zero-order valence-electron chi connectivity index (χ0n) is 6.13. The van der Waals surface area contributed by atoms with Gasteiger partial charge in [-0.15, -0.1) is 23.2 Å². The van der Waals surface area contributed by atoms with E-state index in [0.29, 0.717) is 0 Å². The van der Waals surface area contributed by atoms with E-state index in [4.69, 9.17) is 23.2 Å². The summed E-state index contributed by atoms with van der Waals surface area (Å²) >= 11 is 11.2. The summed E-state index contributed by atoms with van der Waals surface area (Å²) in [6.45, 7) is 0. The van der Waals surface area contributed by atoms with E-state index in [2.05, 4.69) is 12.1 Å². The van der Waals surface area contributed by atoms with Gasteiger partial charge in [0, 0.05) is 0 Å². The summed E-state index contributed by atoms with van der Waals surface area (Å²) in [7, 11) is 0. The molecule has 0 N–H and O–H groups in total. The van der Waals surface area contributed by atoms with Gasteiger partial charge in [-0.3, -0.25) is 0 Å². The standard InChI is InChI=1S/C9H10Cl2/c10-9(11)7-6-8-4-2-1-3-5-8/h1-5,9H,6-7H2. The van der Waals surface area contributed by atoms with Crippen molar-refractivity contribution in [3.8, 4) is 0 Å². The molecular formula is C9H10Cl2. The Morgan fingerprint density at radius 3 is 2.27 bits per heavy atom. The largest absolute Gasteiger partial charge is 0.108 e. The molecule has 1 aromatic carbocycles. The fourth-order valence-corrected chi connectivity index (χ4v) is 1.14. The van der Waals surface area contributed by atoms with Crippen molar-refractivity contribution in [3.05, 3.63) is 35.9 Å². The van der Waals surface area contributed by atoms with E-state index in [1.807, 2.05) is 18.2 Å². The highest BCUT2D eigenvalue weighted by atomic mass is 35.5. The Bertz CT molecular complexity index is 194. The number of aryl methyl sites for hydroxylation is 1. The van der Waals surface area contributed by atoms with Crippen molar-refractivity contribution in [3.63, 3.8) is 0 Å². The third kappa shape index (κ3) is 3.64. The van der Waals surface area contributed by atoms with Crippen LogP contribution in [0.15, 0.2) is 30.3 Å². The zero-order valence-corrected chi connectivity index (χ0v) is 7.65. The van der Waals surface area contributed by atoms with Crippen molar-refractivity contribution in [2.75, 3.05) is 0 Å². The van der Waals surface area contributed by atoms with Gasteiger partial charge in [0.15, 0.2) is 0 Å². The second kappa shape index (κ2) is 4.63. The molecule has 0 radical (unpaired) electrons. The van der Waals surface area contributed by atoms with Crippen LogP contribution in [0.5, 0.6) is 0 Å². The molecule has 1 rings (SSSR count). The van der Waals surface area contributed by atoms with Crippen LogP contribution in [0, 0.1) is 0 Å². The lowest BCUT2D eigenvalue weighted by molar-refractivity contribution is 0.892. The smallest absolute Gasteiger partial charge is 0.105 e. The second-order valence-electron chi connectivity index (χ2n) is 2.42. The van der Waals surface area contributed by atoms with Crippen LogP contribution in [0.2, 0.25) is 0 Å². The molecule has 1 aromatic rings. The lowest BCUT2D eigenvalue weighted by Crippen LogP contribution is -1.91. The van der Waals surface area contributed by atoms with Gasteiger partial charge in [0.05, 0.1) is 0 Å². The van der Waals surface area contributed by atoms with Gasteiger partial charge in [0.25, 0.3) is 0 Å². The minimum Gasteiger partial charge on any atom is -0.105 e. The number of alkyl halides is 2. The molecular weight excluding hydrogens is 179 g/mol. The first-order valence-corrected chi connectivity index (χ1v) is 4.48. The summed E-state index contributed by atoms with van der Waals surface area (Å²) in [5.41, 5.74) is 1.29. The number of benzene rings is 1. The quantitative estimate of drug-likeness (QED) is 0.639. The molecule has 2 heteroatoms. The lowest BCUT2D eigenvalue weighted by Gasteiger charge is -2.00. The highest BCUT2D eigenvalue weighted by Crippen LogP contribution is 2.11. The number of hydrogen-bond acceptors (Lipinski definition) is 0. The molecule has 60 valence electrons. The minimum absolute atomic E-state index is 0.241. The summed E-state index contributed by atoms with van der Waals surface area (Å²) in [5.74, 6) is 0. The van der Waals surface area contributed by atoms with E-state index >= 15 is 0 Å². The molecule has 11 heavy (non-hydrogen) atoms. The van der Waals surface area contributed by atoms with Crippen LogP contribution >= 0.6 is 23.2 Å². The van der Waals surface area contributed by atoms with Crippen LogP contribution < -0.4 is 0 Å². The average Bonchev–Trinajstić information content (AvgIpc) is 2.03. The molecule has 0 fully saturated rings. The number of halogens is 2. The first-order chi connectivity index (χ1) is 5.29. The number of hydrogen-bond donors (Lipinski definition) is 0. The molecule has 0 aliphatic heterocycles. The van der Waals surface area contributed by atoms with Gasteiger partial charge in [-0.05, 0) is 18.4 Å². The van der Waals surface area contributed by atoms with Gasteiger partial charge < -0.3 is 0 Å². The molecule has 0 nitrogen and oxygen atoms in total. The van der Waals surface area contributed by atoms with Crippen molar-refractivity contribution < 1.29 is 0 Å². The zero-order chi connectivity index (χ0) is 8.10. The first-order valence-electron chi connectivity index (χ1n) is 3.61. The van der Waals surface area contributed by atoms with Gasteiger partial charge in [0.1, 0.15) is 4.84 Å². The Kier molecular flexibility index (Phi) is 3.74. The van der Waals surface area contributed by atoms with Crippen molar-refractivity contribution in [1.29, 1.82) is 0 Å². The molecule has 0 bridgehead atoms. The summed E-state index contributed by atoms with van der Waals surface area (Å²) in [5, 5.41) is 0. The van der Waals surface area contributed by atoms with Gasteiger partial charge in [-0.2, -0.15) is 0 Å². The van der Waals surface area contributed by atoms with Crippen LogP contribution in [0.4, 0.5) is 0 Å². The summed E-state index contributed by atoms with van der Waals surface area (Å²) < 4.78 is 0. The van der Waals surface area contributed by atoms with Gasteiger partial charge in [0.2, 0.25) is 0 Å². The Morgan fingerprint density at radius 1 is 1.09 bits per heavy atom. The van der Waals surface area contributed by atoms with Crippen molar-refractivity contribution in [2.24, 2.45) is 0 Å². The third-order valence-corrected chi connectivity index (χ3v) is 1.93. The predicted octanol–water partition coefficient (Wildman–Crippen LogP) is 3.42. The van der Waals surface area contributed by atoms with Crippen molar-refractivity contribution >= 4 is 23.2 Å². The maximum absolute atomic E-state index is 5.59. The minimum atomic E-state index is -0.241. The van der Waals surface area contributed by atoms with Gasteiger partial charge in [-0.1, -0.05) is 30.3 Å². The van der Waals surface area contributed by atoms with E-state index in [-0.39, 0.29) is 4.84 Å². The molecule has 0 atom stereocenters. The molecule has 0 aliphatic carbocycles. The topological polar surface area (TPSA) is 0 Å². The van der Waals surface area contributed by atoms with Crippen LogP contribution in [-0.4, -0.2) is 4.84 Å². The van der Waals surface area contributed by atoms with Crippen LogP contribution in [0.25, 0.3) is 0 Å². The molecule has 0 unspecified atom stereocenters. The average molecular weight is 189 g/mol. The van der Waals surface area contributed by atoms with Crippen molar-refractivity contribution in [1.82, 2.24) is 0 Å². The highest BCUT2D eigenvalue weighted by Gasteiger charge is 1.98. The highest BCUT2D eigenvalue weighted by molar-refractivity contribution is 6.44. The van der Waals surface area contributed by atoms with E-state index in [0.717, 1.165) is 12.8 Å². The van der Waals surface area contributed by atoms with Crippen LogP contribution in [-0.2, 0) is 6.42 Å². The first kappa shape index (κ1) is 8.89. The van der Waals surface area contributed by atoms with E-state index in [9.17, 15) is 0 Å². The molecule has 0 aromatic heterocycles. The normalized spacial score (nSPS) is 10.5. The summed E-state index contributed by atoms with van der Waals surface area (Å²) in [6, 6.07) is 10.2. The third-order valence-electron chi connectivity index (χ3n) is 1.49. The second-order valence-corrected chi connectivity index (χ2v) is 3.69. The maximum Gasteiger partial charge on any atom is 0.108 e. The monoisotopic (exact) mass is 188 g/mol. The summed E-state index contributed by atoms with van der Waals surface area (Å²) in [4.78, 5) is -0.241. The van der Waals surface area contributed by atoms with E-state index in [1.54, 1.807) is 0 Å². The molecule has 0 amide bonds. The fourth-order valence-electron chi connectivity index (χ4n) is 0.920. The lowest BCUT2D eigenvalue weighted by atomic mass is 10.1.